The molecule has 5 aliphatic heterocycles. The lowest BCUT2D eigenvalue weighted by molar-refractivity contribution is -0.322. The normalized spacial score (nSPS) is 28.6. The molecule has 3 aromatic carbocycles. The Kier molecular flexibility index (Phi) is 12.6. The Bertz CT molecular complexity index is 2680. The van der Waals surface area contributed by atoms with Gasteiger partial charge < -0.3 is 29.9 Å². The predicted octanol–water partition coefficient (Wildman–Crippen LogP) is 7.01. The molecule has 6 heterocycles. The zero-order chi connectivity index (χ0) is 47.7. The fraction of sp³-hybridized carbons (Fsp3) is 0.500. The Hall–Kier alpha value is -4.95. The lowest BCUT2D eigenvalue weighted by Crippen LogP contribution is -2.71. The standard InChI is InChI=1S/C32H40BrN5O5.C20H21FN2O/c1-16(2)12-24-29(40)37-11-7-10-25(37)32(42)38(24)30(41)31(43-32,17(3)4)35-28(39)18-13-20-19-8-6-9-22-26(19)21(27(33)34-22)14-23(20)36(5)15-18;1-23(2)11-3-10-20(17-5-7-18(21)8-6-17)19-9-4-15(13-22)12-16(19)14-24-20/h6,8-9,13,16-18,23-25,34,42H,7,10-12,14-15H2,1-5H3,(H,35,39);4-9,12H,3,10-11,14H2,1-2H3/t18-,23-,24+,25+,31-,32+;/m1./s1. The van der Waals surface area contributed by atoms with Crippen molar-refractivity contribution in [3.8, 4) is 6.07 Å². The van der Waals surface area contributed by atoms with E-state index < -0.39 is 47.1 Å². The highest BCUT2D eigenvalue weighted by Gasteiger charge is 2.72. The van der Waals surface area contributed by atoms with Crippen LogP contribution in [0.5, 0.6) is 0 Å². The summed E-state index contributed by atoms with van der Waals surface area (Å²) in [5.41, 5.74) is 5.85. The number of fused-ring (bicyclic) bond motifs is 6. The van der Waals surface area contributed by atoms with Crippen LogP contribution in [0.4, 0.5) is 4.39 Å². The van der Waals surface area contributed by atoms with Crippen molar-refractivity contribution >= 4 is 50.1 Å². The number of carbonyl (C=O) groups excluding carboxylic acids is 3. The minimum atomic E-state index is -2.01. The van der Waals surface area contributed by atoms with E-state index in [1.807, 2.05) is 65.3 Å². The summed E-state index contributed by atoms with van der Waals surface area (Å²) < 4.78 is 27.1. The molecule has 10 rings (SSSR count). The molecular weight excluding hydrogens is 918 g/mol. The molecule has 7 atom stereocenters. The van der Waals surface area contributed by atoms with E-state index in [4.69, 9.17) is 14.7 Å². The number of aromatic nitrogens is 1. The van der Waals surface area contributed by atoms with E-state index in [0.29, 0.717) is 38.1 Å². The maximum absolute atomic E-state index is 14.4. The fourth-order valence-electron chi connectivity index (χ4n) is 11.6. The van der Waals surface area contributed by atoms with Crippen LogP contribution in [-0.4, -0.2) is 118 Å². The highest BCUT2D eigenvalue weighted by atomic mass is 79.9. The SMILES string of the molecule is CC(C)C[C@H]1C(=O)N2CCC[C@H]2[C@]2(O)O[C@](NC(=O)[C@@H]3C=C4c5cccc6[nH]c(Br)c(c56)C[C@H]4N(C)C3)(C(C)C)C(=O)N12.CN(C)CCCC1(c2ccc(F)cc2)OCc2cc(C#N)ccc21. The van der Waals surface area contributed by atoms with Crippen molar-refractivity contribution in [1.82, 2.24) is 29.9 Å². The average molecular weight is 979 g/mol. The number of likely N-dealkylation sites (N-methyl/N-ethyl adjacent to an activating group) is 1. The summed E-state index contributed by atoms with van der Waals surface area (Å²) in [5, 5.41) is 25.4. The number of halogens is 2. The third-order valence-corrected chi connectivity index (χ3v) is 15.5. The van der Waals surface area contributed by atoms with Crippen LogP contribution in [0.2, 0.25) is 0 Å². The van der Waals surface area contributed by atoms with Gasteiger partial charge in [0.05, 0.1) is 28.8 Å². The van der Waals surface area contributed by atoms with E-state index in [9.17, 15) is 23.9 Å². The number of rotatable bonds is 10. The predicted molar refractivity (Wildman–Crippen MR) is 255 cm³/mol. The molecule has 0 bridgehead atoms. The number of aliphatic hydroxyl groups is 1. The van der Waals surface area contributed by atoms with Crippen LogP contribution >= 0.6 is 15.9 Å². The van der Waals surface area contributed by atoms with Crippen LogP contribution in [0.25, 0.3) is 16.5 Å². The number of H-pyrrole nitrogens is 1. The molecule has 1 aromatic heterocycles. The van der Waals surface area contributed by atoms with Crippen molar-refractivity contribution in [2.75, 3.05) is 40.8 Å². The second kappa shape index (κ2) is 17.9. The molecule has 354 valence electrons. The summed E-state index contributed by atoms with van der Waals surface area (Å²) in [5.74, 6) is -4.26. The number of carbonyl (C=O) groups is 3. The van der Waals surface area contributed by atoms with Gasteiger partial charge in [0.2, 0.25) is 17.5 Å². The van der Waals surface area contributed by atoms with Gasteiger partial charge in [-0.05, 0) is 152 Å². The first-order chi connectivity index (χ1) is 31.9. The van der Waals surface area contributed by atoms with E-state index in [2.05, 4.69) is 54.2 Å². The molecule has 3 saturated heterocycles. The molecule has 1 unspecified atom stereocenters. The summed E-state index contributed by atoms with van der Waals surface area (Å²) in [4.78, 5) is 52.9. The molecule has 0 saturated carbocycles. The zero-order valence-corrected chi connectivity index (χ0v) is 41.0. The summed E-state index contributed by atoms with van der Waals surface area (Å²) >= 11 is 3.70. The van der Waals surface area contributed by atoms with Crippen LogP contribution < -0.4 is 5.32 Å². The highest BCUT2D eigenvalue weighted by molar-refractivity contribution is 9.10. The third-order valence-electron chi connectivity index (χ3n) is 14.8. The van der Waals surface area contributed by atoms with E-state index in [1.54, 1.807) is 30.9 Å². The number of piperazine rings is 1. The zero-order valence-electron chi connectivity index (χ0n) is 39.4. The molecule has 15 heteroatoms. The van der Waals surface area contributed by atoms with Crippen LogP contribution in [0.15, 0.2) is 71.3 Å². The number of benzene rings is 3. The molecule has 13 nitrogen and oxygen atoms in total. The average Bonchev–Trinajstić information content (AvgIpc) is 4.06. The van der Waals surface area contributed by atoms with Crippen molar-refractivity contribution < 1.29 is 33.4 Å². The van der Waals surface area contributed by atoms with Crippen LogP contribution in [0.1, 0.15) is 93.2 Å². The number of nitrogens with one attached hydrogen (secondary N) is 2. The minimum Gasteiger partial charge on any atom is -0.361 e. The Morgan fingerprint density at radius 2 is 1.88 bits per heavy atom. The topological polar surface area (TPSA) is 154 Å². The first kappa shape index (κ1) is 47.1. The Labute approximate surface area is 400 Å². The van der Waals surface area contributed by atoms with E-state index >= 15 is 0 Å². The van der Waals surface area contributed by atoms with Gasteiger partial charge in [0.15, 0.2) is 0 Å². The largest absolute Gasteiger partial charge is 0.361 e. The first-order valence-electron chi connectivity index (χ1n) is 23.6. The molecule has 1 aliphatic carbocycles. The highest BCUT2D eigenvalue weighted by Crippen LogP contribution is 2.50. The van der Waals surface area contributed by atoms with Gasteiger partial charge in [0.25, 0.3) is 11.8 Å². The summed E-state index contributed by atoms with van der Waals surface area (Å²) in [7, 11) is 6.12. The van der Waals surface area contributed by atoms with Gasteiger partial charge in [-0.2, -0.15) is 5.26 Å². The number of hydrogen-bond acceptors (Lipinski definition) is 9. The molecule has 3 amide bonds. The van der Waals surface area contributed by atoms with Gasteiger partial charge in [-0.15, -0.1) is 0 Å². The maximum Gasteiger partial charge on any atom is 0.281 e. The fourth-order valence-corrected chi connectivity index (χ4v) is 12.1. The lowest BCUT2D eigenvalue weighted by atomic mass is 9.79. The van der Waals surface area contributed by atoms with Crippen molar-refractivity contribution in [2.45, 2.75) is 108 Å². The van der Waals surface area contributed by atoms with Crippen LogP contribution in [-0.2, 0) is 42.5 Å². The van der Waals surface area contributed by atoms with Gasteiger partial charge in [0, 0.05) is 36.0 Å². The molecular formula is C52H61BrFN7O6. The quantitative estimate of drug-likeness (QED) is 0.152. The van der Waals surface area contributed by atoms with Gasteiger partial charge in [-0.25, -0.2) is 4.39 Å². The number of nitriles is 1. The number of ether oxygens (including phenoxy) is 2. The lowest BCUT2D eigenvalue weighted by Gasteiger charge is -2.49. The van der Waals surface area contributed by atoms with Gasteiger partial charge in [-0.3, -0.25) is 28.9 Å². The second-order valence-corrected chi connectivity index (χ2v) is 21.0. The van der Waals surface area contributed by atoms with Crippen molar-refractivity contribution in [2.24, 2.45) is 17.8 Å². The third kappa shape index (κ3) is 7.91. The van der Waals surface area contributed by atoms with Gasteiger partial charge >= 0.3 is 0 Å². The number of amides is 3. The monoisotopic (exact) mass is 977 g/mol. The van der Waals surface area contributed by atoms with Crippen LogP contribution in [0, 0.1) is 34.9 Å². The van der Waals surface area contributed by atoms with Gasteiger partial charge in [0.1, 0.15) is 23.5 Å². The van der Waals surface area contributed by atoms with Crippen molar-refractivity contribution in [1.29, 1.82) is 5.26 Å². The summed E-state index contributed by atoms with van der Waals surface area (Å²) in [6.07, 6.45) is 6.26. The second-order valence-electron chi connectivity index (χ2n) is 20.2. The molecule has 3 N–H and O–H groups in total. The molecule has 4 aromatic rings. The molecule has 67 heavy (non-hydrogen) atoms. The smallest absolute Gasteiger partial charge is 0.281 e. The molecule has 6 aliphatic rings. The Morgan fingerprint density at radius 3 is 2.58 bits per heavy atom. The Morgan fingerprint density at radius 1 is 1.12 bits per heavy atom. The van der Waals surface area contributed by atoms with E-state index in [0.717, 1.165) is 70.2 Å². The summed E-state index contributed by atoms with van der Waals surface area (Å²) in [6, 6.07) is 19.2. The van der Waals surface area contributed by atoms with Crippen LogP contribution in [0.3, 0.4) is 0 Å². The number of aromatic amines is 1. The Balaban J connectivity index is 0.000000198. The summed E-state index contributed by atoms with van der Waals surface area (Å²) in [6.45, 7) is 10.0. The first-order valence-corrected chi connectivity index (χ1v) is 24.4. The van der Waals surface area contributed by atoms with E-state index in [-0.39, 0.29) is 29.6 Å². The van der Waals surface area contributed by atoms with Crippen molar-refractivity contribution in [3.63, 3.8) is 0 Å². The van der Waals surface area contributed by atoms with E-state index in [1.165, 1.54) is 28.0 Å². The maximum atomic E-state index is 14.4. The van der Waals surface area contributed by atoms with Gasteiger partial charge in [-0.1, -0.05) is 64.1 Å². The molecule has 0 spiro atoms. The molecule has 3 fully saturated rings. The number of hydrogen-bond donors (Lipinski definition) is 3. The van der Waals surface area contributed by atoms with Crippen molar-refractivity contribution in [3.05, 3.63) is 111 Å². The number of nitrogens with zero attached hydrogens (tertiary/aromatic N) is 5. The minimum absolute atomic E-state index is 0.104. The molecule has 0 radical (unpaired) electrons.